The Bertz CT molecular complexity index is 1000. The number of sulfone groups is 1. The van der Waals surface area contributed by atoms with Crippen LogP contribution in [0.5, 0.6) is 0 Å². The van der Waals surface area contributed by atoms with Crippen molar-refractivity contribution < 1.29 is 13.2 Å². The van der Waals surface area contributed by atoms with Crippen LogP contribution in [0.1, 0.15) is 10.6 Å². The quantitative estimate of drug-likeness (QED) is 0.764. The number of aromatic nitrogens is 3. The molecule has 3 aromatic rings. The molecule has 7 nitrogen and oxygen atoms in total. The Morgan fingerprint density at radius 3 is 3.00 bits per heavy atom. The van der Waals surface area contributed by atoms with Gasteiger partial charge in [0.25, 0.3) is 0 Å². The van der Waals surface area contributed by atoms with Crippen molar-refractivity contribution in [3.05, 3.63) is 41.0 Å². The fourth-order valence-electron chi connectivity index (χ4n) is 2.67. The van der Waals surface area contributed by atoms with Gasteiger partial charge in [-0.05, 0) is 6.07 Å². The second kappa shape index (κ2) is 5.67. The molecule has 1 aromatic carbocycles. The van der Waals surface area contributed by atoms with Gasteiger partial charge in [-0.15, -0.1) is 11.3 Å². The third kappa shape index (κ3) is 3.04. The zero-order chi connectivity index (χ0) is 16.7. The maximum Gasteiger partial charge on any atom is 0.247 e. The number of carbonyl (C=O) groups is 1. The van der Waals surface area contributed by atoms with E-state index in [9.17, 15) is 13.2 Å². The molecule has 1 N–H and O–H groups in total. The van der Waals surface area contributed by atoms with Gasteiger partial charge in [0.15, 0.2) is 15.0 Å². The average molecular weight is 362 g/mol. The van der Waals surface area contributed by atoms with Crippen LogP contribution in [0.15, 0.2) is 30.5 Å². The third-order valence-corrected chi connectivity index (χ3v) is 6.54. The standard InChI is InChI=1S/C15H14N4O3S2/c20-14(8-19-7-10-3-1-2-4-11(10)18-19)17-15-16-12-5-6-24(21,22)9-13(12)23-15/h1-4,7H,5-6,8-9H2,(H,16,17,20). The van der Waals surface area contributed by atoms with Gasteiger partial charge in [-0.1, -0.05) is 18.2 Å². The summed E-state index contributed by atoms with van der Waals surface area (Å²) in [6.45, 7) is 0.0806. The smallest absolute Gasteiger partial charge is 0.247 e. The first kappa shape index (κ1) is 15.3. The van der Waals surface area contributed by atoms with Gasteiger partial charge in [0.1, 0.15) is 6.54 Å². The Kier molecular flexibility index (Phi) is 3.61. The molecule has 0 unspecified atom stereocenters. The van der Waals surface area contributed by atoms with Crippen LogP contribution in [0, 0.1) is 0 Å². The van der Waals surface area contributed by atoms with E-state index in [0.717, 1.165) is 21.5 Å². The summed E-state index contributed by atoms with van der Waals surface area (Å²) < 4.78 is 24.9. The molecule has 124 valence electrons. The van der Waals surface area contributed by atoms with E-state index in [1.165, 1.54) is 11.3 Å². The number of fused-ring (bicyclic) bond motifs is 2. The lowest BCUT2D eigenvalue weighted by atomic mass is 10.3. The number of hydrogen-bond donors (Lipinski definition) is 1. The molecule has 0 aliphatic carbocycles. The molecular weight excluding hydrogens is 348 g/mol. The topological polar surface area (TPSA) is 93.9 Å². The highest BCUT2D eigenvalue weighted by atomic mass is 32.2. The predicted molar refractivity (Wildman–Crippen MR) is 91.7 cm³/mol. The van der Waals surface area contributed by atoms with Gasteiger partial charge in [0.05, 0.1) is 22.7 Å². The SMILES string of the molecule is O=C(Cn1cc2ccccc2n1)Nc1nc2c(s1)CS(=O)(=O)CC2. The van der Waals surface area contributed by atoms with E-state index in [4.69, 9.17) is 0 Å². The Balaban J connectivity index is 1.47. The number of anilines is 1. The molecule has 1 aliphatic rings. The van der Waals surface area contributed by atoms with Crippen molar-refractivity contribution >= 4 is 43.1 Å². The normalized spacial score (nSPS) is 16.0. The zero-order valence-corrected chi connectivity index (χ0v) is 14.2. The maximum atomic E-state index is 12.2. The molecular formula is C15H14N4O3S2. The molecule has 0 atom stereocenters. The number of hydrogen-bond acceptors (Lipinski definition) is 6. The Labute approximate surface area is 142 Å². The molecule has 1 aliphatic heterocycles. The van der Waals surface area contributed by atoms with E-state index in [1.807, 2.05) is 30.5 Å². The summed E-state index contributed by atoms with van der Waals surface area (Å²) in [5.41, 5.74) is 1.61. The molecule has 2 aromatic heterocycles. The average Bonchev–Trinajstić information content (AvgIpc) is 3.07. The first-order valence-corrected chi connectivity index (χ1v) is 10.0. The number of benzene rings is 1. The summed E-state index contributed by atoms with van der Waals surface area (Å²) in [5, 5.41) is 8.49. The first-order valence-electron chi connectivity index (χ1n) is 7.39. The minimum absolute atomic E-state index is 0.0143. The molecule has 0 fully saturated rings. The predicted octanol–water partition coefficient (Wildman–Crippen LogP) is 1.60. The van der Waals surface area contributed by atoms with Gasteiger partial charge in [-0.25, -0.2) is 13.4 Å². The molecule has 0 saturated heterocycles. The van der Waals surface area contributed by atoms with E-state index in [0.29, 0.717) is 11.6 Å². The number of amides is 1. The van der Waals surface area contributed by atoms with Crippen molar-refractivity contribution in [1.82, 2.24) is 14.8 Å². The fraction of sp³-hybridized carbons (Fsp3) is 0.267. The van der Waals surface area contributed by atoms with Crippen LogP contribution in [0.4, 0.5) is 5.13 Å². The number of nitrogens with one attached hydrogen (secondary N) is 1. The highest BCUT2D eigenvalue weighted by molar-refractivity contribution is 7.90. The van der Waals surface area contributed by atoms with Crippen molar-refractivity contribution in [2.45, 2.75) is 18.7 Å². The zero-order valence-electron chi connectivity index (χ0n) is 12.6. The Morgan fingerprint density at radius 1 is 1.33 bits per heavy atom. The molecule has 24 heavy (non-hydrogen) atoms. The second-order valence-electron chi connectivity index (χ2n) is 5.66. The van der Waals surface area contributed by atoms with E-state index in [2.05, 4.69) is 15.4 Å². The van der Waals surface area contributed by atoms with Crippen molar-refractivity contribution in [1.29, 1.82) is 0 Å². The number of aryl methyl sites for hydroxylation is 1. The van der Waals surface area contributed by atoms with E-state index >= 15 is 0 Å². The molecule has 1 amide bonds. The minimum Gasteiger partial charge on any atom is -0.300 e. The lowest BCUT2D eigenvalue weighted by molar-refractivity contribution is -0.116. The van der Waals surface area contributed by atoms with Crippen LogP contribution in [-0.4, -0.2) is 34.8 Å². The highest BCUT2D eigenvalue weighted by Crippen LogP contribution is 2.29. The molecule has 4 rings (SSSR count). The van der Waals surface area contributed by atoms with Crippen LogP contribution >= 0.6 is 11.3 Å². The summed E-state index contributed by atoms with van der Waals surface area (Å²) in [6.07, 6.45) is 2.23. The molecule has 0 bridgehead atoms. The van der Waals surface area contributed by atoms with Gasteiger partial charge >= 0.3 is 0 Å². The van der Waals surface area contributed by atoms with Gasteiger partial charge in [0.2, 0.25) is 5.91 Å². The summed E-state index contributed by atoms with van der Waals surface area (Å²) in [5.74, 6) is -0.103. The summed E-state index contributed by atoms with van der Waals surface area (Å²) in [4.78, 5) is 17.2. The van der Waals surface area contributed by atoms with E-state index in [1.54, 1.807) is 4.68 Å². The Hall–Kier alpha value is -2.26. The van der Waals surface area contributed by atoms with E-state index < -0.39 is 9.84 Å². The maximum absolute atomic E-state index is 12.2. The molecule has 0 radical (unpaired) electrons. The van der Waals surface area contributed by atoms with Gasteiger partial charge in [-0.3, -0.25) is 9.48 Å². The summed E-state index contributed by atoms with van der Waals surface area (Å²) in [6, 6.07) is 7.64. The van der Waals surface area contributed by atoms with Gasteiger partial charge in [-0.2, -0.15) is 5.10 Å². The Morgan fingerprint density at radius 2 is 2.17 bits per heavy atom. The van der Waals surface area contributed by atoms with Crippen LogP contribution in [0.2, 0.25) is 0 Å². The van der Waals surface area contributed by atoms with Crippen molar-refractivity contribution in [2.75, 3.05) is 11.1 Å². The largest absolute Gasteiger partial charge is 0.300 e. The highest BCUT2D eigenvalue weighted by Gasteiger charge is 2.25. The second-order valence-corrected chi connectivity index (χ2v) is 8.93. The number of rotatable bonds is 3. The molecule has 0 spiro atoms. The van der Waals surface area contributed by atoms with Crippen molar-refractivity contribution in [3.63, 3.8) is 0 Å². The first-order chi connectivity index (χ1) is 11.5. The lowest BCUT2D eigenvalue weighted by Gasteiger charge is -2.08. The minimum atomic E-state index is -3.03. The molecule has 3 heterocycles. The fourth-order valence-corrected chi connectivity index (χ4v) is 5.48. The third-order valence-electron chi connectivity index (χ3n) is 3.79. The number of carbonyl (C=O) groups excluding carboxylic acids is 1. The number of thiazole rings is 1. The summed E-state index contributed by atoms with van der Waals surface area (Å²) in [7, 11) is -3.03. The van der Waals surface area contributed by atoms with Crippen molar-refractivity contribution in [3.8, 4) is 0 Å². The van der Waals surface area contributed by atoms with Crippen LogP contribution in [0.25, 0.3) is 10.9 Å². The van der Waals surface area contributed by atoms with Gasteiger partial charge < -0.3 is 5.32 Å². The summed E-state index contributed by atoms with van der Waals surface area (Å²) >= 11 is 1.23. The van der Waals surface area contributed by atoms with Crippen LogP contribution < -0.4 is 5.32 Å². The molecule has 0 saturated carbocycles. The van der Waals surface area contributed by atoms with Crippen molar-refractivity contribution in [2.24, 2.45) is 0 Å². The molecule has 9 heteroatoms. The van der Waals surface area contributed by atoms with E-state index in [-0.39, 0.29) is 24.0 Å². The number of nitrogens with zero attached hydrogens (tertiary/aromatic N) is 3. The van der Waals surface area contributed by atoms with Gasteiger partial charge in [0, 0.05) is 22.9 Å². The van der Waals surface area contributed by atoms with Crippen LogP contribution in [-0.2, 0) is 33.4 Å². The monoisotopic (exact) mass is 362 g/mol. The lowest BCUT2D eigenvalue weighted by Crippen LogP contribution is -2.19. The van der Waals surface area contributed by atoms with Crippen LogP contribution in [0.3, 0.4) is 0 Å².